The Bertz CT molecular complexity index is 1150. The van der Waals surface area contributed by atoms with Crippen molar-refractivity contribution in [2.75, 3.05) is 17.1 Å². The average molecular weight is 565 g/mol. The van der Waals surface area contributed by atoms with E-state index in [1.54, 1.807) is 25.1 Å². The van der Waals surface area contributed by atoms with Gasteiger partial charge >= 0.3 is 0 Å². The second-order valence-corrected chi connectivity index (χ2v) is 12.1. The van der Waals surface area contributed by atoms with Crippen molar-refractivity contribution >= 4 is 43.5 Å². The molecule has 9 heteroatoms. The van der Waals surface area contributed by atoms with Gasteiger partial charge < -0.3 is 10.2 Å². The van der Waals surface area contributed by atoms with Crippen LogP contribution in [0.4, 0.5) is 5.69 Å². The standard InChI is InChI=1S/C26H34BrN3O4S/c1-19-9-7-14-24(15-19)30(35(3,33)34)18-25(31)29(17-21-10-8-11-22(27)16-21)20(2)26(32)28-23-12-5-4-6-13-23/h7-11,14-16,20,23H,4-6,12-13,17-18H2,1-3H3,(H,28,32)/t20-/m0/s1. The third-order valence-electron chi connectivity index (χ3n) is 6.33. The molecule has 3 rings (SSSR count). The van der Waals surface area contributed by atoms with Crippen LogP contribution in [-0.4, -0.2) is 50.0 Å². The molecule has 0 aromatic heterocycles. The van der Waals surface area contributed by atoms with Crippen LogP contribution in [0.25, 0.3) is 0 Å². The number of hydrogen-bond donors (Lipinski definition) is 1. The fourth-order valence-corrected chi connectivity index (χ4v) is 5.67. The Labute approximate surface area is 217 Å². The molecule has 1 atom stereocenters. The first kappa shape index (κ1) is 27.2. The van der Waals surface area contributed by atoms with Crippen molar-refractivity contribution in [3.05, 3.63) is 64.1 Å². The first-order chi connectivity index (χ1) is 16.5. The number of carbonyl (C=O) groups excluding carboxylic acids is 2. The van der Waals surface area contributed by atoms with Gasteiger partial charge in [0, 0.05) is 17.1 Å². The summed E-state index contributed by atoms with van der Waals surface area (Å²) >= 11 is 3.45. The van der Waals surface area contributed by atoms with Crippen molar-refractivity contribution in [1.82, 2.24) is 10.2 Å². The van der Waals surface area contributed by atoms with Gasteiger partial charge in [-0.05, 0) is 62.1 Å². The molecule has 0 radical (unpaired) electrons. The zero-order valence-corrected chi connectivity index (χ0v) is 22.9. The number of aryl methyl sites for hydroxylation is 1. The van der Waals surface area contributed by atoms with Crippen LogP contribution >= 0.6 is 15.9 Å². The molecule has 0 unspecified atom stereocenters. The highest BCUT2D eigenvalue weighted by Gasteiger charge is 2.31. The Morgan fingerprint density at radius 2 is 1.77 bits per heavy atom. The highest BCUT2D eigenvalue weighted by Crippen LogP contribution is 2.22. The second kappa shape index (κ2) is 12.0. The fourth-order valence-electron chi connectivity index (χ4n) is 4.38. The monoisotopic (exact) mass is 563 g/mol. The maximum atomic E-state index is 13.6. The molecule has 35 heavy (non-hydrogen) atoms. The minimum atomic E-state index is -3.73. The summed E-state index contributed by atoms with van der Waals surface area (Å²) < 4.78 is 27.2. The summed E-state index contributed by atoms with van der Waals surface area (Å²) in [6.07, 6.45) is 6.30. The SMILES string of the molecule is Cc1cccc(N(CC(=O)N(Cc2cccc(Br)c2)[C@@H](C)C(=O)NC2CCCCC2)S(C)(=O)=O)c1. The van der Waals surface area contributed by atoms with E-state index in [0.29, 0.717) is 5.69 Å². The molecular weight excluding hydrogens is 530 g/mol. The van der Waals surface area contributed by atoms with E-state index >= 15 is 0 Å². The maximum absolute atomic E-state index is 13.6. The number of rotatable bonds is 9. The van der Waals surface area contributed by atoms with E-state index in [9.17, 15) is 18.0 Å². The van der Waals surface area contributed by atoms with E-state index in [4.69, 9.17) is 0 Å². The number of amides is 2. The lowest BCUT2D eigenvalue weighted by molar-refractivity contribution is -0.139. The minimum absolute atomic E-state index is 0.112. The lowest BCUT2D eigenvalue weighted by Gasteiger charge is -2.33. The molecule has 0 aliphatic heterocycles. The number of carbonyl (C=O) groups is 2. The second-order valence-electron chi connectivity index (χ2n) is 9.28. The maximum Gasteiger partial charge on any atom is 0.244 e. The van der Waals surface area contributed by atoms with Crippen molar-refractivity contribution in [2.24, 2.45) is 0 Å². The van der Waals surface area contributed by atoms with E-state index in [1.165, 1.54) is 11.3 Å². The Hall–Kier alpha value is -2.39. The molecule has 7 nitrogen and oxygen atoms in total. The largest absolute Gasteiger partial charge is 0.352 e. The lowest BCUT2D eigenvalue weighted by atomic mass is 9.95. The molecule has 0 saturated heterocycles. The summed E-state index contributed by atoms with van der Waals surface area (Å²) in [5, 5.41) is 3.10. The van der Waals surface area contributed by atoms with Gasteiger partial charge in [-0.15, -0.1) is 0 Å². The predicted molar refractivity (Wildman–Crippen MR) is 143 cm³/mol. The van der Waals surface area contributed by atoms with Gasteiger partial charge in [-0.2, -0.15) is 0 Å². The number of hydrogen-bond acceptors (Lipinski definition) is 4. The van der Waals surface area contributed by atoms with Gasteiger partial charge in [0.1, 0.15) is 12.6 Å². The Morgan fingerprint density at radius 1 is 1.09 bits per heavy atom. The molecule has 2 aromatic rings. The number of benzene rings is 2. The highest BCUT2D eigenvalue weighted by atomic mass is 79.9. The molecule has 1 fully saturated rings. The molecular formula is C26H34BrN3O4S. The van der Waals surface area contributed by atoms with E-state index in [-0.39, 0.29) is 18.5 Å². The average Bonchev–Trinajstić information content (AvgIpc) is 2.80. The molecule has 0 bridgehead atoms. The summed E-state index contributed by atoms with van der Waals surface area (Å²) in [5.74, 6) is -0.662. The zero-order valence-electron chi connectivity index (χ0n) is 20.5. The highest BCUT2D eigenvalue weighted by molar-refractivity contribution is 9.10. The topological polar surface area (TPSA) is 86.8 Å². The molecule has 1 N–H and O–H groups in total. The first-order valence-corrected chi connectivity index (χ1v) is 14.6. The van der Waals surface area contributed by atoms with Gasteiger partial charge in [-0.3, -0.25) is 13.9 Å². The summed E-state index contributed by atoms with van der Waals surface area (Å²) in [4.78, 5) is 28.2. The zero-order chi connectivity index (χ0) is 25.6. The molecule has 1 saturated carbocycles. The van der Waals surface area contributed by atoms with Crippen LogP contribution in [-0.2, 0) is 26.2 Å². The van der Waals surface area contributed by atoms with Gasteiger partial charge in [0.15, 0.2) is 0 Å². The normalized spacial score (nSPS) is 15.3. The van der Waals surface area contributed by atoms with Crippen LogP contribution in [0.1, 0.15) is 50.2 Å². The molecule has 2 amide bonds. The summed E-state index contributed by atoms with van der Waals surface area (Å²) in [6, 6.07) is 13.9. The predicted octanol–water partition coefficient (Wildman–Crippen LogP) is 4.39. The van der Waals surface area contributed by atoms with Crippen molar-refractivity contribution in [3.8, 4) is 0 Å². The van der Waals surface area contributed by atoms with E-state index in [2.05, 4.69) is 21.2 Å². The van der Waals surface area contributed by atoms with Crippen LogP contribution < -0.4 is 9.62 Å². The van der Waals surface area contributed by atoms with Gasteiger partial charge in [0.05, 0.1) is 11.9 Å². The fraction of sp³-hybridized carbons (Fsp3) is 0.462. The number of nitrogens with zero attached hydrogens (tertiary/aromatic N) is 2. The summed E-state index contributed by atoms with van der Waals surface area (Å²) in [6.45, 7) is 3.36. The number of nitrogens with one attached hydrogen (secondary N) is 1. The Balaban J connectivity index is 1.87. The van der Waals surface area contributed by atoms with Crippen molar-refractivity contribution in [2.45, 2.75) is 64.6 Å². The molecule has 1 aliphatic carbocycles. The third kappa shape index (κ3) is 7.80. The number of anilines is 1. The van der Waals surface area contributed by atoms with Gasteiger partial charge in [-0.1, -0.05) is 59.5 Å². The number of sulfonamides is 1. The van der Waals surface area contributed by atoms with Gasteiger partial charge in [0.2, 0.25) is 21.8 Å². The Kier molecular flexibility index (Phi) is 9.35. The number of halogens is 1. The smallest absolute Gasteiger partial charge is 0.244 e. The quantitative estimate of drug-likeness (QED) is 0.490. The van der Waals surface area contributed by atoms with Crippen LogP contribution in [0.3, 0.4) is 0 Å². The third-order valence-corrected chi connectivity index (χ3v) is 7.96. The molecule has 1 aliphatic rings. The van der Waals surface area contributed by atoms with Crippen molar-refractivity contribution in [1.29, 1.82) is 0 Å². The van der Waals surface area contributed by atoms with Gasteiger partial charge in [-0.25, -0.2) is 8.42 Å². The summed E-state index contributed by atoms with van der Waals surface area (Å²) in [5.41, 5.74) is 2.14. The summed E-state index contributed by atoms with van der Waals surface area (Å²) in [7, 11) is -3.73. The van der Waals surface area contributed by atoms with E-state index in [0.717, 1.165) is 51.8 Å². The minimum Gasteiger partial charge on any atom is -0.352 e. The Morgan fingerprint density at radius 3 is 2.40 bits per heavy atom. The van der Waals surface area contributed by atoms with Crippen LogP contribution in [0.5, 0.6) is 0 Å². The van der Waals surface area contributed by atoms with Crippen LogP contribution in [0.15, 0.2) is 53.0 Å². The molecule has 190 valence electrons. The first-order valence-electron chi connectivity index (χ1n) is 11.9. The van der Waals surface area contributed by atoms with Crippen molar-refractivity contribution in [3.63, 3.8) is 0 Å². The van der Waals surface area contributed by atoms with Crippen LogP contribution in [0, 0.1) is 6.92 Å². The molecule has 0 heterocycles. The molecule has 2 aromatic carbocycles. The molecule has 0 spiro atoms. The lowest BCUT2D eigenvalue weighted by Crippen LogP contribution is -2.52. The van der Waals surface area contributed by atoms with Gasteiger partial charge in [0.25, 0.3) is 0 Å². The van der Waals surface area contributed by atoms with E-state index in [1.807, 2.05) is 37.3 Å². The van der Waals surface area contributed by atoms with Crippen LogP contribution in [0.2, 0.25) is 0 Å². The van der Waals surface area contributed by atoms with Crippen molar-refractivity contribution < 1.29 is 18.0 Å². The van der Waals surface area contributed by atoms with E-state index < -0.39 is 28.5 Å².